The molecule has 0 spiro atoms. The summed E-state index contributed by atoms with van der Waals surface area (Å²) in [6.07, 6.45) is 0. The van der Waals surface area contributed by atoms with Crippen LogP contribution in [0.25, 0.3) is 11.1 Å². The summed E-state index contributed by atoms with van der Waals surface area (Å²) in [6, 6.07) is 4.45. The van der Waals surface area contributed by atoms with Crippen molar-refractivity contribution in [3.05, 3.63) is 28.3 Å². The van der Waals surface area contributed by atoms with E-state index in [0.717, 1.165) is 0 Å². The highest BCUT2D eigenvalue weighted by Crippen LogP contribution is 2.21. The SMILES string of the molecule is O=[N+]([O-])c1cccc2onnc12.[Cl-]. The van der Waals surface area contributed by atoms with E-state index in [-0.39, 0.29) is 23.6 Å². The molecule has 0 amide bonds. The van der Waals surface area contributed by atoms with Crippen LogP contribution in [0.3, 0.4) is 0 Å². The van der Waals surface area contributed by atoms with E-state index in [1.807, 2.05) is 0 Å². The number of fused-ring (bicyclic) bond motifs is 1. The van der Waals surface area contributed by atoms with Gasteiger partial charge in [-0.2, -0.15) is 0 Å². The fraction of sp³-hybridized carbons (Fsp3) is 0. The number of hydrogen-bond acceptors (Lipinski definition) is 5. The molecule has 0 atom stereocenters. The first-order valence-corrected chi connectivity index (χ1v) is 3.14. The van der Waals surface area contributed by atoms with Gasteiger partial charge in [-0.25, -0.2) is 0 Å². The van der Waals surface area contributed by atoms with E-state index < -0.39 is 4.92 Å². The maximum atomic E-state index is 10.4. The summed E-state index contributed by atoms with van der Waals surface area (Å²) in [6.45, 7) is 0. The van der Waals surface area contributed by atoms with Crippen molar-refractivity contribution in [1.82, 2.24) is 10.4 Å². The number of hydrogen-bond donors (Lipinski definition) is 0. The van der Waals surface area contributed by atoms with E-state index >= 15 is 0 Å². The third kappa shape index (κ3) is 1.43. The van der Waals surface area contributed by atoms with Crippen LogP contribution in [-0.4, -0.2) is 15.3 Å². The number of nitrogens with zero attached hydrogens (tertiary/aromatic N) is 3. The van der Waals surface area contributed by atoms with Gasteiger partial charge in [0, 0.05) is 11.3 Å². The van der Waals surface area contributed by atoms with E-state index in [0.29, 0.717) is 5.58 Å². The topological polar surface area (TPSA) is 82.1 Å². The molecule has 0 radical (unpaired) electrons. The smallest absolute Gasteiger partial charge is 0.300 e. The number of non-ortho nitro benzene ring substituents is 1. The Bertz CT molecular complexity index is 441. The largest absolute Gasteiger partial charge is 1.00 e. The van der Waals surface area contributed by atoms with Gasteiger partial charge < -0.3 is 16.9 Å². The Morgan fingerprint density at radius 1 is 1.46 bits per heavy atom. The maximum absolute atomic E-state index is 10.4. The van der Waals surface area contributed by atoms with Crippen molar-refractivity contribution in [2.75, 3.05) is 0 Å². The molecule has 2 aromatic rings. The molecule has 2 rings (SSSR count). The first kappa shape index (κ1) is 9.40. The van der Waals surface area contributed by atoms with Crippen LogP contribution in [0.5, 0.6) is 0 Å². The second-order valence-corrected chi connectivity index (χ2v) is 2.15. The predicted molar refractivity (Wildman–Crippen MR) is 38.5 cm³/mol. The summed E-state index contributed by atoms with van der Waals surface area (Å²) in [5, 5.41) is 17.1. The number of rotatable bonds is 1. The predicted octanol–water partition coefficient (Wildman–Crippen LogP) is -1.86. The average Bonchev–Trinajstić information content (AvgIpc) is 2.49. The number of nitro benzene ring substituents is 1. The van der Waals surface area contributed by atoms with Gasteiger partial charge in [-0.05, 0) is 6.07 Å². The maximum Gasteiger partial charge on any atom is 0.300 e. The third-order valence-corrected chi connectivity index (χ3v) is 1.45. The summed E-state index contributed by atoms with van der Waals surface area (Å²) in [7, 11) is 0. The van der Waals surface area contributed by atoms with Crippen molar-refractivity contribution < 1.29 is 21.9 Å². The molecule has 0 aliphatic carbocycles. The lowest BCUT2D eigenvalue weighted by atomic mass is 10.3. The highest BCUT2D eigenvalue weighted by Gasteiger charge is 2.14. The minimum Gasteiger partial charge on any atom is -1.00 e. The van der Waals surface area contributed by atoms with E-state index in [2.05, 4.69) is 14.9 Å². The van der Waals surface area contributed by atoms with Gasteiger partial charge in [0.15, 0.2) is 5.58 Å². The van der Waals surface area contributed by atoms with Crippen LogP contribution in [-0.2, 0) is 0 Å². The van der Waals surface area contributed by atoms with E-state index in [1.54, 1.807) is 6.07 Å². The zero-order valence-electron chi connectivity index (χ0n) is 6.18. The van der Waals surface area contributed by atoms with Crippen LogP contribution in [0.15, 0.2) is 22.7 Å². The zero-order chi connectivity index (χ0) is 8.55. The Morgan fingerprint density at radius 2 is 2.23 bits per heavy atom. The molecule has 0 saturated heterocycles. The number of nitro groups is 1. The highest BCUT2D eigenvalue weighted by atomic mass is 35.5. The molecule has 1 heterocycles. The van der Waals surface area contributed by atoms with E-state index in [1.165, 1.54) is 12.1 Å². The molecule has 0 aliphatic heterocycles. The van der Waals surface area contributed by atoms with Crippen molar-refractivity contribution >= 4 is 16.8 Å². The quantitative estimate of drug-likeness (QED) is 0.398. The van der Waals surface area contributed by atoms with E-state index in [9.17, 15) is 10.1 Å². The molecule has 7 heteroatoms. The Hall–Kier alpha value is -1.69. The lowest BCUT2D eigenvalue weighted by molar-refractivity contribution is -0.383. The van der Waals surface area contributed by atoms with Crippen LogP contribution in [0.4, 0.5) is 5.69 Å². The summed E-state index contributed by atoms with van der Waals surface area (Å²) in [4.78, 5) is 9.89. The van der Waals surface area contributed by atoms with Crippen molar-refractivity contribution in [1.29, 1.82) is 0 Å². The molecule has 1 aromatic heterocycles. The van der Waals surface area contributed by atoms with Crippen molar-refractivity contribution in [2.24, 2.45) is 0 Å². The number of aromatic nitrogens is 2. The molecule has 68 valence electrons. The van der Waals surface area contributed by atoms with Gasteiger partial charge in [0.05, 0.1) is 4.92 Å². The summed E-state index contributed by atoms with van der Waals surface area (Å²) < 4.78 is 4.64. The molecular weight excluding hydrogens is 198 g/mol. The zero-order valence-corrected chi connectivity index (χ0v) is 6.93. The van der Waals surface area contributed by atoms with Crippen LogP contribution in [0.2, 0.25) is 0 Å². The summed E-state index contributed by atoms with van der Waals surface area (Å²) in [5.74, 6) is 0. The van der Waals surface area contributed by atoms with Crippen LogP contribution < -0.4 is 12.4 Å². The summed E-state index contributed by atoms with van der Waals surface area (Å²) in [5.41, 5.74) is 0.417. The van der Waals surface area contributed by atoms with Crippen molar-refractivity contribution in [2.45, 2.75) is 0 Å². The molecular formula is C6H3ClN3O3-. The fourth-order valence-corrected chi connectivity index (χ4v) is 0.937. The van der Waals surface area contributed by atoms with Gasteiger partial charge in [0.2, 0.25) is 5.52 Å². The molecule has 0 unspecified atom stereocenters. The normalized spacial score (nSPS) is 9.54. The molecule has 6 nitrogen and oxygen atoms in total. The Balaban J connectivity index is 0.000000845. The van der Waals surface area contributed by atoms with Gasteiger partial charge in [-0.1, -0.05) is 6.07 Å². The fourth-order valence-electron chi connectivity index (χ4n) is 0.937. The number of halogens is 1. The van der Waals surface area contributed by atoms with Crippen molar-refractivity contribution in [3.63, 3.8) is 0 Å². The molecule has 0 aliphatic rings. The first-order valence-electron chi connectivity index (χ1n) is 3.14. The van der Waals surface area contributed by atoms with Crippen LogP contribution in [0, 0.1) is 10.1 Å². The standard InChI is InChI=1S/C6H3N3O3.ClH/c10-9(11)4-2-1-3-5-6(4)7-8-12-5;/h1-3H;1H/p-1. The van der Waals surface area contributed by atoms with Gasteiger partial charge in [0.1, 0.15) is 0 Å². The lowest BCUT2D eigenvalue weighted by Gasteiger charge is -1.87. The van der Waals surface area contributed by atoms with Crippen LogP contribution in [0.1, 0.15) is 0 Å². The number of benzene rings is 1. The Kier molecular flexibility index (Phi) is 2.43. The monoisotopic (exact) mass is 200 g/mol. The molecule has 13 heavy (non-hydrogen) atoms. The Morgan fingerprint density at radius 3 is 2.92 bits per heavy atom. The van der Waals surface area contributed by atoms with E-state index in [4.69, 9.17) is 0 Å². The summed E-state index contributed by atoms with van der Waals surface area (Å²) >= 11 is 0. The minimum atomic E-state index is -0.521. The molecule has 0 bridgehead atoms. The molecule has 1 aromatic carbocycles. The Labute approximate surface area is 78.1 Å². The third-order valence-electron chi connectivity index (χ3n) is 1.45. The van der Waals surface area contributed by atoms with Gasteiger partial charge in [-0.15, -0.1) is 5.10 Å². The average molecular weight is 201 g/mol. The van der Waals surface area contributed by atoms with Gasteiger partial charge in [0.25, 0.3) is 0 Å². The second-order valence-electron chi connectivity index (χ2n) is 2.15. The van der Waals surface area contributed by atoms with Crippen LogP contribution >= 0.6 is 0 Å². The molecule has 0 saturated carbocycles. The molecule has 0 fully saturated rings. The van der Waals surface area contributed by atoms with Crippen molar-refractivity contribution in [3.8, 4) is 0 Å². The molecule has 0 N–H and O–H groups in total. The van der Waals surface area contributed by atoms with Gasteiger partial charge in [-0.3, -0.25) is 10.1 Å². The second kappa shape index (κ2) is 3.36. The first-order chi connectivity index (χ1) is 5.79. The van der Waals surface area contributed by atoms with Gasteiger partial charge >= 0.3 is 5.69 Å². The highest BCUT2D eigenvalue weighted by molar-refractivity contribution is 5.81. The minimum absolute atomic E-state index is 0. The lowest BCUT2D eigenvalue weighted by Crippen LogP contribution is -3.00.